The average Bonchev–Trinajstić information content (AvgIpc) is 3.61. The van der Waals surface area contributed by atoms with Crippen molar-refractivity contribution in [3.63, 3.8) is 0 Å². The predicted octanol–water partition coefficient (Wildman–Crippen LogP) is 4.11. The highest BCUT2D eigenvalue weighted by Gasteiger charge is 2.56. The van der Waals surface area contributed by atoms with E-state index in [4.69, 9.17) is 4.74 Å². The van der Waals surface area contributed by atoms with Crippen molar-refractivity contribution in [1.29, 1.82) is 0 Å². The molecule has 2 aromatic carbocycles. The number of halogens is 2. The number of nitrogens with zero attached hydrogens (tertiary/aromatic N) is 2. The maximum absolute atomic E-state index is 14.8. The summed E-state index contributed by atoms with van der Waals surface area (Å²) in [5.74, 6) is -1.78. The summed E-state index contributed by atoms with van der Waals surface area (Å²) in [6, 6.07) is 11.6. The van der Waals surface area contributed by atoms with Crippen molar-refractivity contribution in [3.05, 3.63) is 72.4 Å². The molecule has 4 amide bonds. The fourth-order valence-electron chi connectivity index (χ4n) is 4.16. The molecular weight excluding hydrogens is 512 g/mol. The molecule has 2 aliphatic rings. The number of aromatic nitrogens is 1. The zero-order valence-corrected chi connectivity index (χ0v) is 20.6. The second-order valence-corrected chi connectivity index (χ2v) is 9.44. The summed E-state index contributed by atoms with van der Waals surface area (Å²) in [6.45, 7) is 0.676. The van der Waals surface area contributed by atoms with Gasteiger partial charge in [0.2, 0.25) is 11.8 Å². The number of aliphatic hydroxyl groups is 1. The maximum atomic E-state index is 14.8. The predicted molar refractivity (Wildman–Crippen MR) is 137 cm³/mol. The highest BCUT2D eigenvalue weighted by molar-refractivity contribution is 6.16. The Morgan fingerprint density at radius 1 is 0.949 bits per heavy atom. The second-order valence-electron chi connectivity index (χ2n) is 9.44. The summed E-state index contributed by atoms with van der Waals surface area (Å²) in [7, 11) is 0. The minimum atomic E-state index is -1.33. The molecule has 2 fully saturated rings. The molecule has 1 aliphatic heterocycles. The van der Waals surface area contributed by atoms with Crippen molar-refractivity contribution in [2.24, 2.45) is 5.41 Å². The summed E-state index contributed by atoms with van der Waals surface area (Å²) in [5, 5.41) is 17.3. The van der Waals surface area contributed by atoms with Gasteiger partial charge in [0.15, 0.2) is 0 Å². The van der Waals surface area contributed by atoms with Crippen molar-refractivity contribution >= 4 is 35.0 Å². The molecule has 0 radical (unpaired) electrons. The number of carbonyl (C=O) groups excluding carboxylic acids is 3. The number of hydrogen-bond donors (Lipinski definition) is 4. The Morgan fingerprint density at radius 2 is 1.67 bits per heavy atom. The number of hydrogen-bond acceptors (Lipinski definition) is 6. The van der Waals surface area contributed by atoms with Crippen molar-refractivity contribution in [2.75, 3.05) is 29.0 Å². The topological polar surface area (TPSA) is 133 Å². The van der Waals surface area contributed by atoms with E-state index < -0.39 is 41.0 Å². The molecule has 12 heteroatoms. The SMILES string of the molecule is O=C(Nc1cc(Oc2ccc(NC(=O)C3(C(=O)Nc4ccc(F)cc4)CC3)c(F)c2)ccn1)N1CC[C@@H](O)C1. The lowest BCUT2D eigenvalue weighted by Crippen LogP contribution is -2.35. The van der Waals surface area contributed by atoms with Crippen LogP contribution in [0, 0.1) is 17.0 Å². The van der Waals surface area contributed by atoms with Gasteiger partial charge in [-0.2, -0.15) is 0 Å². The first-order valence-corrected chi connectivity index (χ1v) is 12.3. The molecule has 10 nitrogen and oxygen atoms in total. The van der Waals surface area contributed by atoms with Crippen LogP contribution in [0.15, 0.2) is 60.8 Å². The Bertz CT molecular complexity index is 1410. The van der Waals surface area contributed by atoms with Gasteiger partial charge in [-0.25, -0.2) is 18.6 Å². The van der Waals surface area contributed by atoms with Gasteiger partial charge in [0.05, 0.1) is 11.8 Å². The van der Waals surface area contributed by atoms with Crippen molar-refractivity contribution in [3.8, 4) is 11.5 Å². The summed E-state index contributed by atoms with van der Waals surface area (Å²) in [5.41, 5.74) is -1.10. The molecule has 1 aromatic heterocycles. The third-order valence-electron chi connectivity index (χ3n) is 6.56. The van der Waals surface area contributed by atoms with Gasteiger partial charge >= 0.3 is 6.03 Å². The number of urea groups is 1. The molecule has 0 unspecified atom stereocenters. The van der Waals surface area contributed by atoms with Crippen molar-refractivity contribution < 1.29 is 33.0 Å². The lowest BCUT2D eigenvalue weighted by Gasteiger charge is -2.17. The zero-order valence-electron chi connectivity index (χ0n) is 20.6. The van der Waals surface area contributed by atoms with Gasteiger partial charge in [-0.15, -0.1) is 0 Å². The summed E-state index contributed by atoms with van der Waals surface area (Å²) < 4.78 is 33.6. The van der Waals surface area contributed by atoms with E-state index in [1.807, 2.05) is 0 Å². The van der Waals surface area contributed by atoms with Gasteiger partial charge in [-0.05, 0) is 61.7 Å². The van der Waals surface area contributed by atoms with Crippen LogP contribution in [0.5, 0.6) is 11.5 Å². The fraction of sp³-hybridized carbons (Fsp3) is 0.259. The van der Waals surface area contributed by atoms with E-state index in [9.17, 15) is 28.3 Å². The number of likely N-dealkylation sites (tertiary alicyclic amines) is 1. The third kappa shape index (κ3) is 5.96. The molecule has 0 bridgehead atoms. The number of rotatable bonds is 7. The number of nitrogens with one attached hydrogen (secondary N) is 3. The monoisotopic (exact) mass is 537 g/mol. The minimum absolute atomic E-state index is 0.122. The summed E-state index contributed by atoms with van der Waals surface area (Å²) in [4.78, 5) is 43.4. The van der Waals surface area contributed by atoms with Gasteiger partial charge in [0, 0.05) is 37.1 Å². The second kappa shape index (κ2) is 10.7. The van der Waals surface area contributed by atoms with Crippen LogP contribution in [0.25, 0.3) is 0 Å². The number of β-amino-alcohol motifs (C(OH)–C–C–N with tert-alkyl or cyclic N) is 1. The number of aliphatic hydroxyl groups excluding tert-OH is 1. The van der Waals surface area contributed by atoms with Crippen LogP contribution < -0.4 is 20.7 Å². The number of pyridine rings is 1. The lowest BCUT2D eigenvalue weighted by molar-refractivity contribution is -0.131. The number of anilines is 3. The van der Waals surface area contributed by atoms with E-state index in [1.165, 1.54) is 59.6 Å². The highest BCUT2D eigenvalue weighted by Crippen LogP contribution is 2.47. The highest BCUT2D eigenvalue weighted by atomic mass is 19.1. The normalized spacial score (nSPS) is 17.3. The molecule has 0 spiro atoms. The van der Waals surface area contributed by atoms with Crippen LogP contribution in [-0.4, -0.2) is 52.0 Å². The van der Waals surface area contributed by atoms with Gasteiger partial charge in [0.25, 0.3) is 0 Å². The van der Waals surface area contributed by atoms with Gasteiger partial charge in [-0.1, -0.05) is 0 Å². The molecule has 4 N–H and O–H groups in total. The number of carbonyl (C=O) groups is 3. The largest absolute Gasteiger partial charge is 0.457 e. The van der Waals surface area contributed by atoms with Crippen LogP contribution >= 0.6 is 0 Å². The van der Waals surface area contributed by atoms with Gasteiger partial charge < -0.3 is 25.4 Å². The fourth-order valence-corrected chi connectivity index (χ4v) is 4.16. The number of amides is 4. The van der Waals surface area contributed by atoms with Gasteiger partial charge in [0.1, 0.15) is 34.4 Å². The Labute approximate surface area is 222 Å². The molecule has 1 atom stereocenters. The van der Waals surface area contributed by atoms with Crippen molar-refractivity contribution in [1.82, 2.24) is 9.88 Å². The van der Waals surface area contributed by atoms with Crippen LogP contribution in [0.2, 0.25) is 0 Å². The van der Waals surface area contributed by atoms with E-state index >= 15 is 0 Å². The van der Waals surface area contributed by atoms with Crippen molar-refractivity contribution in [2.45, 2.75) is 25.4 Å². The summed E-state index contributed by atoms with van der Waals surface area (Å²) in [6.07, 6.45) is 1.98. The molecule has 39 heavy (non-hydrogen) atoms. The molecule has 2 heterocycles. The molecule has 1 saturated carbocycles. The van der Waals surface area contributed by atoms with E-state index in [2.05, 4.69) is 20.9 Å². The Balaban J connectivity index is 1.19. The zero-order chi connectivity index (χ0) is 27.6. The van der Waals surface area contributed by atoms with Crippen LogP contribution in [0.4, 0.5) is 30.8 Å². The molecule has 202 valence electrons. The Hall–Kier alpha value is -4.58. The molecule has 1 saturated heterocycles. The Kier molecular flexibility index (Phi) is 7.11. The van der Waals surface area contributed by atoms with Crippen LogP contribution in [0.1, 0.15) is 19.3 Å². The van der Waals surface area contributed by atoms with Crippen LogP contribution in [0.3, 0.4) is 0 Å². The maximum Gasteiger partial charge on any atom is 0.323 e. The average molecular weight is 538 g/mol. The first kappa shape index (κ1) is 26.0. The van der Waals surface area contributed by atoms with E-state index in [1.54, 1.807) is 0 Å². The summed E-state index contributed by atoms with van der Waals surface area (Å²) >= 11 is 0. The smallest absolute Gasteiger partial charge is 0.323 e. The standard InChI is InChI=1S/C27H25F2N5O5/c28-16-1-3-17(4-2-16)31-24(36)27(9-10-27)25(37)32-22-6-5-19(13-21(22)29)39-20-7-11-30-23(14-20)33-26(38)34-12-8-18(35)15-34/h1-7,11,13-14,18,35H,8-10,12,15H2,(H,31,36)(H,32,37)(H,30,33,38)/t18-/m1/s1. The third-order valence-corrected chi connectivity index (χ3v) is 6.56. The van der Waals surface area contributed by atoms with E-state index in [-0.39, 0.29) is 29.5 Å². The first-order valence-electron chi connectivity index (χ1n) is 12.3. The van der Waals surface area contributed by atoms with Gasteiger partial charge in [-0.3, -0.25) is 14.9 Å². The Morgan fingerprint density at radius 3 is 2.33 bits per heavy atom. The quantitative estimate of drug-likeness (QED) is 0.336. The first-order chi connectivity index (χ1) is 18.7. The van der Waals surface area contributed by atoms with E-state index in [0.29, 0.717) is 31.5 Å². The lowest BCUT2D eigenvalue weighted by atomic mass is 10.0. The molecule has 3 aromatic rings. The van der Waals surface area contributed by atoms with E-state index in [0.717, 1.165) is 6.07 Å². The molecule has 1 aliphatic carbocycles. The van der Waals surface area contributed by atoms with Crippen LogP contribution in [-0.2, 0) is 9.59 Å². The molecule has 5 rings (SSSR count). The number of benzene rings is 2. The number of ether oxygens (including phenoxy) is 1. The molecular formula is C27H25F2N5O5. The minimum Gasteiger partial charge on any atom is -0.457 e.